The van der Waals surface area contributed by atoms with E-state index in [2.05, 4.69) is 29.3 Å². The number of esters is 1. The van der Waals surface area contributed by atoms with Crippen LogP contribution >= 0.6 is 0 Å². The number of nitrogens with one attached hydrogen (secondary N) is 1. The van der Waals surface area contributed by atoms with Crippen molar-refractivity contribution < 1.29 is 9.53 Å². The summed E-state index contributed by atoms with van der Waals surface area (Å²) in [5, 5.41) is 10.5. The van der Waals surface area contributed by atoms with Gasteiger partial charge in [0.1, 0.15) is 5.69 Å². The maximum Gasteiger partial charge on any atom is 0.360 e. The topological polar surface area (TPSA) is 67.9 Å². The monoisotopic (exact) mass is 223 g/mol. The molecule has 1 aliphatic carbocycles. The molecule has 1 unspecified atom stereocenters. The molecule has 0 bridgehead atoms. The molecule has 1 aliphatic rings. The largest absolute Gasteiger partial charge is 0.464 e. The van der Waals surface area contributed by atoms with E-state index in [0.29, 0.717) is 11.6 Å². The zero-order valence-electron chi connectivity index (χ0n) is 9.91. The normalized spacial score (nSPS) is 23.3. The first kappa shape index (κ1) is 11.1. The maximum atomic E-state index is 11.5. The number of ether oxygens (including phenoxy) is 1. The summed E-state index contributed by atoms with van der Waals surface area (Å²) >= 11 is 0. The number of hydrogen-bond donors (Lipinski definition) is 1. The van der Waals surface area contributed by atoms with Gasteiger partial charge in [-0.3, -0.25) is 0 Å². The van der Waals surface area contributed by atoms with E-state index in [1.54, 1.807) is 0 Å². The quantitative estimate of drug-likeness (QED) is 0.777. The molecule has 0 amide bonds. The Kier molecular flexibility index (Phi) is 2.69. The average Bonchev–Trinajstić information content (AvgIpc) is 2.82. The lowest BCUT2D eigenvalue weighted by Crippen LogP contribution is -2.18. The Balaban J connectivity index is 2.34. The Bertz CT molecular complexity index is 398. The van der Waals surface area contributed by atoms with E-state index in [1.807, 2.05) is 0 Å². The molecule has 0 radical (unpaired) electrons. The van der Waals surface area contributed by atoms with E-state index in [4.69, 9.17) is 4.74 Å². The summed E-state index contributed by atoms with van der Waals surface area (Å²) in [7, 11) is 1.36. The number of aromatic nitrogens is 3. The highest BCUT2D eigenvalue weighted by Crippen LogP contribution is 2.48. The Morgan fingerprint density at radius 1 is 1.50 bits per heavy atom. The SMILES string of the molecule is COC(=O)c1n[nH]nc1C1CCCC1(C)C. The first-order valence-electron chi connectivity index (χ1n) is 5.55. The summed E-state index contributed by atoms with van der Waals surface area (Å²) in [6, 6.07) is 0. The van der Waals surface area contributed by atoms with Gasteiger partial charge in [-0.2, -0.15) is 10.3 Å². The summed E-state index contributed by atoms with van der Waals surface area (Å²) in [5.74, 6) is -0.119. The third-order valence-electron chi connectivity index (χ3n) is 3.54. The van der Waals surface area contributed by atoms with Crippen molar-refractivity contribution in [2.75, 3.05) is 7.11 Å². The van der Waals surface area contributed by atoms with E-state index in [0.717, 1.165) is 18.5 Å². The molecule has 16 heavy (non-hydrogen) atoms. The molecule has 1 atom stereocenters. The number of carbonyl (C=O) groups excluding carboxylic acids is 1. The summed E-state index contributed by atoms with van der Waals surface area (Å²) in [4.78, 5) is 11.5. The highest BCUT2D eigenvalue weighted by Gasteiger charge is 2.39. The van der Waals surface area contributed by atoms with E-state index in [-0.39, 0.29) is 5.41 Å². The Morgan fingerprint density at radius 3 is 2.81 bits per heavy atom. The molecule has 2 rings (SSSR count). The van der Waals surface area contributed by atoms with Gasteiger partial charge in [-0.25, -0.2) is 4.79 Å². The summed E-state index contributed by atoms with van der Waals surface area (Å²) in [6.07, 6.45) is 3.39. The molecule has 1 heterocycles. The van der Waals surface area contributed by atoms with Crippen LogP contribution in [0.1, 0.15) is 55.2 Å². The second-order valence-electron chi connectivity index (χ2n) is 4.98. The van der Waals surface area contributed by atoms with Gasteiger partial charge in [0, 0.05) is 5.92 Å². The number of H-pyrrole nitrogens is 1. The van der Waals surface area contributed by atoms with Crippen LogP contribution in [0.15, 0.2) is 0 Å². The van der Waals surface area contributed by atoms with Crippen LogP contribution in [0.2, 0.25) is 0 Å². The Labute approximate surface area is 94.6 Å². The molecule has 1 aromatic heterocycles. The van der Waals surface area contributed by atoms with Gasteiger partial charge in [0.25, 0.3) is 0 Å². The fourth-order valence-electron chi connectivity index (χ4n) is 2.56. The molecule has 0 aliphatic heterocycles. The van der Waals surface area contributed by atoms with Crippen molar-refractivity contribution in [2.24, 2.45) is 5.41 Å². The minimum absolute atomic E-state index is 0.180. The predicted molar refractivity (Wildman–Crippen MR) is 58.1 cm³/mol. The highest BCUT2D eigenvalue weighted by molar-refractivity contribution is 5.88. The van der Waals surface area contributed by atoms with Gasteiger partial charge in [-0.05, 0) is 18.3 Å². The molecular formula is C11H17N3O2. The van der Waals surface area contributed by atoms with Crippen molar-refractivity contribution in [1.82, 2.24) is 15.4 Å². The molecule has 0 spiro atoms. The minimum Gasteiger partial charge on any atom is -0.464 e. The molecule has 88 valence electrons. The third-order valence-corrected chi connectivity index (χ3v) is 3.54. The highest BCUT2D eigenvalue weighted by atomic mass is 16.5. The van der Waals surface area contributed by atoms with Gasteiger partial charge in [0.2, 0.25) is 0 Å². The minimum atomic E-state index is -0.411. The first-order chi connectivity index (χ1) is 7.56. The first-order valence-corrected chi connectivity index (χ1v) is 5.55. The van der Waals surface area contributed by atoms with E-state index < -0.39 is 5.97 Å². The molecule has 1 aromatic rings. The van der Waals surface area contributed by atoms with Crippen LogP contribution in [0.3, 0.4) is 0 Å². The van der Waals surface area contributed by atoms with Crippen molar-refractivity contribution in [3.05, 3.63) is 11.4 Å². The fraction of sp³-hybridized carbons (Fsp3) is 0.727. The van der Waals surface area contributed by atoms with Gasteiger partial charge < -0.3 is 4.74 Å². The third kappa shape index (κ3) is 1.70. The number of nitrogens with zero attached hydrogens (tertiary/aromatic N) is 2. The van der Waals surface area contributed by atoms with Gasteiger partial charge >= 0.3 is 5.97 Å². The van der Waals surface area contributed by atoms with Crippen LogP contribution in [-0.2, 0) is 4.74 Å². The van der Waals surface area contributed by atoms with Crippen LogP contribution in [0.5, 0.6) is 0 Å². The number of aromatic amines is 1. The second kappa shape index (κ2) is 3.88. The van der Waals surface area contributed by atoms with Crippen LogP contribution in [-0.4, -0.2) is 28.5 Å². The molecule has 1 N–H and O–H groups in total. The predicted octanol–water partition coefficient (Wildman–Crippen LogP) is 1.89. The van der Waals surface area contributed by atoms with Crippen LogP contribution in [0.25, 0.3) is 0 Å². The number of rotatable bonds is 2. The summed E-state index contributed by atoms with van der Waals surface area (Å²) < 4.78 is 4.70. The molecule has 5 heteroatoms. The van der Waals surface area contributed by atoms with Crippen molar-refractivity contribution in [3.63, 3.8) is 0 Å². The fourth-order valence-corrected chi connectivity index (χ4v) is 2.56. The molecule has 5 nitrogen and oxygen atoms in total. The lowest BCUT2D eigenvalue weighted by atomic mass is 9.79. The smallest absolute Gasteiger partial charge is 0.360 e. The van der Waals surface area contributed by atoms with Gasteiger partial charge in [-0.15, -0.1) is 5.10 Å². The van der Waals surface area contributed by atoms with Crippen molar-refractivity contribution in [2.45, 2.75) is 39.0 Å². The summed E-state index contributed by atoms with van der Waals surface area (Å²) in [5.41, 5.74) is 1.27. The van der Waals surface area contributed by atoms with Gasteiger partial charge in [0.05, 0.1) is 7.11 Å². The zero-order valence-corrected chi connectivity index (χ0v) is 9.91. The van der Waals surface area contributed by atoms with Gasteiger partial charge in [-0.1, -0.05) is 20.3 Å². The van der Waals surface area contributed by atoms with E-state index in [9.17, 15) is 4.79 Å². The number of carbonyl (C=O) groups is 1. The molecular weight excluding hydrogens is 206 g/mol. The van der Waals surface area contributed by atoms with Crippen LogP contribution in [0, 0.1) is 5.41 Å². The summed E-state index contributed by atoms with van der Waals surface area (Å²) in [6.45, 7) is 4.42. The molecule has 0 saturated heterocycles. The standard InChI is InChI=1S/C11H17N3O2/c1-11(2)6-4-5-7(11)8-9(10(15)16-3)13-14-12-8/h7H,4-6H2,1-3H3,(H,12,13,14). The van der Waals surface area contributed by atoms with Gasteiger partial charge in [0.15, 0.2) is 5.69 Å². The Hall–Kier alpha value is -1.39. The number of hydrogen-bond acceptors (Lipinski definition) is 4. The molecule has 1 fully saturated rings. The van der Waals surface area contributed by atoms with Crippen LogP contribution in [0.4, 0.5) is 0 Å². The average molecular weight is 223 g/mol. The lowest BCUT2D eigenvalue weighted by Gasteiger charge is -2.25. The molecule has 0 aromatic carbocycles. The molecule has 1 saturated carbocycles. The van der Waals surface area contributed by atoms with Crippen molar-refractivity contribution >= 4 is 5.97 Å². The van der Waals surface area contributed by atoms with E-state index >= 15 is 0 Å². The number of methoxy groups -OCH3 is 1. The lowest BCUT2D eigenvalue weighted by molar-refractivity contribution is 0.0591. The zero-order chi connectivity index (χ0) is 11.8. The maximum absolute atomic E-state index is 11.5. The Morgan fingerprint density at radius 2 is 2.25 bits per heavy atom. The van der Waals surface area contributed by atoms with Crippen molar-refractivity contribution in [3.8, 4) is 0 Å². The van der Waals surface area contributed by atoms with E-state index in [1.165, 1.54) is 13.5 Å². The second-order valence-corrected chi connectivity index (χ2v) is 4.98. The van der Waals surface area contributed by atoms with Crippen molar-refractivity contribution in [1.29, 1.82) is 0 Å². The van der Waals surface area contributed by atoms with Crippen LogP contribution < -0.4 is 0 Å².